The second-order valence-electron chi connectivity index (χ2n) is 6.22. The van der Waals surface area contributed by atoms with E-state index < -0.39 is 6.04 Å². The van der Waals surface area contributed by atoms with Gasteiger partial charge in [0.25, 0.3) is 0 Å². The van der Waals surface area contributed by atoms with Crippen LogP contribution >= 0.6 is 0 Å². The Morgan fingerprint density at radius 2 is 1.90 bits per heavy atom. The standard InChI is InChI=1S/C15H25N3O3/c1-10(11-8-13(11)19)17(2)14(20)9-12(16)15(21)18-6-4-3-5-7-18/h10-12H,3-9,16H2,1-2H3. The van der Waals surface area contributed by atoms with Gasteiger partial charge < -0.3 is 15.5 Å². The summed E-state index contributed by atoms with van der Waals surface area (Å²) in [6, 6.07) is -0.887. The van der Waals surface area contributed by atoms with E-state index in [1.54, 1.807) is 16.8 Å². The van der Waals surface area contributed by atoms with E-state index in [1.165, 1.54) is 0 Å². The highest BCUT2D eigenvalue weighted by Crippen LogP contribution is 2.30. The minimum absolute atomic E-state index is 0.0110. The molecule has 2 N–H and O–H groups in total. The Bertz CT molecular complexity index is 432. The zero-order chi connectivity index (χ0) is 15.6. The van der Waals surface area contributed by atoms with Crippen molar-refractivity contribution in [3.05, 3.63) is 0 Å². The van der Waals surface area contributed by atoms with Gasteiger partial charge in [0.15, 0.2) is 0 Å². The highest BCUT2D eigenvalue weighted by atomic mass is 16.2. The van der Waals surface area contributed by atoms with Gasteiger partial charge >= 0.3 is 0 Å². The third kappa shape index (κ3) is 3.81. The molecule has 2 rings (SSSR count). The van der Waals surface area contributed by atoms with Gasteiger partial charge in [-0.3, -0.25) is 14.4 Å². The third-order valence-electron chi connectivity index (χ3n) is 4.64. The molecule has 0 spiro atoms. The number of carbonyl (C=O) groups is 3. The molecule has 1 saturated carbocycles. The van der Waals surface area contributed by atoms with Crippen molar-refractivity contribution in [3.63, 3.8) is 0 Å². The molecular formula is C15H25N3O3. The van der Waals surface area contributed by atoms with Crippen molar-refractivity contribution in [1.29, 1.82) is 0 Å². The number of piperidine rings is 1. The molecule has 3 atom stereocenters. The number of ketones is 1. The molecule has 2 aliphatic rings. The smallest absolute Gasteiger partial charge is 0.240 e. The van der Waals surface area contributed by atoms with Crippen LogP contribution in [-0.2, 0) is 14.4 Å². The van der Waals surface area contributed by atoms with Crippen molar-refractivity contribution in [2.75, 3.05) is 20.1 Å². The van der Waals surface area contributed by atoms with E-state index in [0.717, 1.165) is 32.4 Å². The van der Waals surface area contributed by atoms with Gasteiger partial charge in [0, 0.05) is 38.5 Å². The van der Waals surface area contributed by atoms with Gasteiger partial charge in [-0.2, -0.15) is 0 Å². The topological polar surface area (TPSA) is 83.7 Å². The Kier molecular flexibility index (Phi) is 4.98. The van der Waals surface area contributed by atoms with Crippen LogP contribution in [0.2, 0.25) is 0 Å². The van der Waals surface area contributed by atoms with Crippen LogP contribution in [0.4, 0.5) is 0 Å². The summed E-state index contributed by atoms with van der Waals surface area (Å²) < 4.78 is 0. The second-order valence-corrected chi connectivity index (χ2v) is 6.22. The van der Waals surface area contributed by atoms with Crippen LogP contribution in [0.1, 0.15) is 39.0 Å². The molecule has 1 aliphatic heterocycles. The van der Waals surface area contributed by atoms with Crippen molar-refractivity contribution in [3.8, 4) is 0 Å². The summed E-state index contributed by atoms with van der Waals surface area (Å²) in [6.07, 6.45) is 3.72. The zero-order valence-electron chi connectivity index (χ0n) is 12.9. The minimum Gasteiger partial charge on any atom is -0.342 e. The number of nitrogens with two attached hydrogens (primary N) is 1. The van der Waals surface area contributed by atoms with Crippen LogP contribution in [0.15, 0.2) is 0 Å². The molecule has 0 aromatic carbocycles. The van der Waals surface area contributed by atoms with Gasteiger partial charge in [-0.1, -0.05) is 0 Å². The van der Waals surface area contributed by atoms with Crippen LogP contribution in [0.25, 0.3) is 0 Å². The van der Waals surface area contributed by atoms with E-state index >= 15 is 0 Å². The van der Waals surface area contributed by atoms with E-state index in [-0.39, 0.29) is 36.0 Å². The number of hydrogen-bond donors (Lipinski definition) is 1. The first-order valence-electron chi connectivity index (χ1n) is 7.74. The highest BCUT2D eigenvalue weighted by molar-refractivity contribution is 5.97. The molecule has 0 aromatic heterocycles. The molecule has 1 saturated heterocycles. The van der Waals surface area contributed by atoms with Crippen LogP contribution in [-0.4, -0.2) is 59.6 Å². The van der Waals surface area contributed by atoms with E-state index in [4.69, 9.17) is 5.73 Å². The van der Waals surface area contributed by atoms with Crippen molar-refractivity contribution in [1.82, 2.24) is 9.80 Å². The maximum absolute atomic E-state index is 12.2. The van der Waals surface area contributed by atoms with Crippen LogP contribution < -0.4 is 5.73 Å². The molecular weight excluding hydrogens is 270 g/mol. The van der Waals surface area contributed by atoms with Gasteiger partial charge in [0.2, 0.25) is 11.8 Å². The van der Waals surface area contributed by atoms with Crippen LogP contribution in [0, 0.1) is 5.92 Å². The van der Waals surface area contributed by atoms with Gasteiger partial charge in [-0.25, -0.2) is 0 Å². The summed E-state index contributed by atoms with van der Waals surface area (Å²) in [6.45, 7) is 3.35. The third-order valence-corrected chi connectivity index (χ3v) is 4.64. The number of hydrogen-bond acceptors (Lipinski definition) is 4. The summed E-state index contributed by atoms with van der Waals surface area (Å²) in [5.41, 5.74) is 5.90. The molecule has 1 aliphatic carbocycles. The summed E-state index contributed by atoms with van der Waals surface area (Å²) in [5, 5.41) is 0. The number of carbonyl (C=O) groups excluding carboxylic acids is 3. The second kappa shape index (κ2) is 6.56. The fourth-order valence-electron chi connectivity index (χ4n) is 2.86. The summed E-state index contributed by atoms with van der Waals surface area (Å²) >= 11 is 0. The number of rotatable bonds is 5. The summed E-state index contributed by atoms with van der Waals surface area (Å²) in [4.78, 5) is 38.9. The van der Waals surface area contributed by atoms with Crippen molar-refractivity contribution in [2.45, 2.75) is 51.1 Å². The van der Waals surface area contributed by atoms with E-state index in [2.05, 4.69) is 0 Å². The lowest BCUT2D eigenvalue weighted by Crippen LogP contribution is -2.49. The lowest BCUT2D eigenvalue weighted by Gasteiger charge is -2.30. The predicted molar refractivity (Wildman–Crippen MR) is 78.4 cm³/mol. The fourth-order valence-corrected chi connectivity index (χ4v) is 2.86. The first kappa shape index (κ1) is 15.9. The van der Waals surface area contributed by atoms with Gasteiger partial charge in [-0.05, 0) is 26.2 Å². The maximum Gasteiger partial charge on any atom is 0.240 e. The Labute approximate surface area is 125 Å². The minimum atomic E-state index is -0.778. The van der Waals surface area contributed by atoms with Gasteiger partial charge in [0.05, 0.1) is 12.5 Å². The van der Waals surface area contributed by atoms with E-state index in [9.17, 15) is 14.4 Å². The first-order chi connectivity index (χ1) is 9.91. The van der Waals surface area contributed by atoms with Gasteiger partial charge in [0.1, 0.15) is 5.78 Å². The number of likely N-dealkylation sites (tertiary alicyclic amines) is 1. The summed E-state index contributed by atoms with van der Waals surface area (Å²) in [5.74, 6) is -0.129. The average molecular weight is 295 g/mol. The SMILES string of the molecule is CC(C1CC1=O)N(C)C(=O)CC(N)C(=O)N1CCCCC1. The molecule has 118 valence electrons. The molecule has 6 heteroatoms. The largest absolute Gasteiger partial charge is 0.342 e. The molecule has 0 radical (unpaired) electrons. The molecule has 1 heterocycles. The fraction of sp³-hybridized carbons (Fsp3) is 0.800. The van der Waals surface area contributed by atoms with E-state index in [0.29, 0.717) is 6.42 Å². The average Bonchev–Trinajstić information content (AvgIpc) is 3.22. The molecule has 3 unspecified atom stereocenters. The first-order valence-corrected chi connectivity index (χ1v) is 7.74. The number of nitrogens with zero attached hydrogens (tertiary/aromatic N) is 2. The van der Waals surface area contributed by atoms with Crippen LogP contribution in [0.5, 0.6) is 0 Å². The van der Waals surface area contributed by atoms with Gasteiger partial charge in [-0.15, -0.1) is 0 Å². The molecule has 0 bridgehead atoms. The Morgan fingerprint density at radius 1 is 1.33 bits per heavy atom. The molecule has 6 nitrogen and oxygen atoms in total. The maximum atomic E-state index is 12.2. The predicted octanol–water partition coefficient (Wildman–Crippen LogP) is 0.152. The van der Waals surface area contributed by atoms with E-state index in [1.807, 2.05) is 6.92 Å². The Hall–Kier alpha value is -1.43. The molecule has 21 heavy (non-hydrogen) atoms. The number of Topliss-reactive ketones (excluding diaryl/α,β-unsaturated/α-hetero) is 1. The molecule has 2 fully saturated rings. The van der Waals surface area contributed by atoms with Crippen molar-refractivity contribution < 1.29 is 14.4 Å². The summed E-state index contributed by atoms with van der Waals surface area (Å²) in [7, 11) is 1.68. The molecule has 0 aromatic rings. The van der Waals surface area contributed by atoms with Crippen molar-refractivity contribution in [2.24, 2.45) is 11.7 Å². The normalized spacial score (nSPS) is 24.4. The number of amides is 2. The monoisotopic (exact) mass is 295 g/mol. The van der Waals surface area contributed by atoms with Crippen molar-refractivity contribution >= 4 is 17.6 Å². The zero-order valence-corrected chi connectivity index (χ0v) is 12.9. The quantitative estimate of drug-likeness (QED) is 0.782. The highest BCUT2D eigenvalue weighted by Gasteiger charge is 2.42. The molecule has 2 amide bonds. The lowest BCUT2D eigenvalue weighted by molar-refractivity contribution is -0.139. The Morgan fingerprint density at radius 3 is 2.43 bits per heavy atom. The lowest BCUT2D eigenvalue weighted by atomic mass is 10.1. The van der Waals surface area contributed by atoms with Crippen LogP contribution in [0.3, 0.4) is 0 Å². The Balaban J connectivity index is 1.83.